The molecule has 0 aromatic heterocycles. The number of carbonyl (C=O) groups excluding carboxylic acids is 1. The van der Waals surface area contributed by atoms with E-state index in [-0.39, 0.29) is 18.4 Å². The van der Waals surface area contributed by atoms with Crippen molar-refractivity contribution < 1.29 is 14.7 Å². The van der Waals surface area contributed by atoms with E-state index in [1.165, 1.54) is 0 Å². The highest BCUT2D eigenvalue weighted by atomic mass is 16.4. The molecule has 1 aliphatic rings. The highest BCUT2D eigenvalue weighted by Gasteiger charge is 2.37. The number of nitrogens with zero attached hydrogens (tertiary/aromatic N) is 1. The molecule has 16 heavy (non-hydrogen) atoms. The van der Waals surface area contributed by atoms with Crippen LogP contribution in [0.1, 0.15) is 32.6 Å². The van der Waals surface area contributed by atoms with E-state index in [1.54, 1.807) is 6.92 Å². The summed E-state index contributed by atoms with van der Waals surface area (Å²) in [5.41, 5.74) is 0. The average molecular weight is 224 g/mol. The Hall–Kier alpha value is -1.57. The third-order valence-electron chi connectivity index (χ3n) is 2.96. The molecule has 1 saturated carbocycles. The van der Waals surface area contributed by atoms with Crippen LogP contribution >= 0.6 is 0 Å². The van der Waals surface area contributed by atoms with Crippen LogP contribution < -0.4 is 5.32 Å². The topological polar surface area (TPSA) is 90.2 Å². The molecular weight excluding hydrogens is 208 g/mol. The summed E-state index contributed by atoms with van der Waals surface area (Å²) in [7, 11) is 0. The summed E-state index contributed by atoms with van der Waals surface area (Å²) >= 11 is 0. The van der Waals surface area contributed by atoms with E-state index in [0.29, 0.717) is 12.8 Å². The predicted octanol–water partition coefficient (Wildman–Crippen LogP) is 0.906. The summed E-state index contributed by atoms with van der Waals surface area (Å²) in [6, 6.07) is 1.75. The van der Waals surface area contributed by atoms with Crippen LogP contribution in [0.25, 0.3) is 0 Å². The van der Waals surface area contributed by atoms with Gasteiger partial charge in [0.1, 0.15) is 0 Å². The van der Waals surface area contributed by atoms with Crippen LogP contribution in [0, 0.1) is 23.2 Å². The molecular formula is C11H16N2O3. The van der Waals surface area contributed by atoms with Crippen molar-refractivity contribution in [1.82, 2.24) is 5.32 Å². The molecule has 88 valence electrons. The van der Waals surface area contributed by atoms with E-state index in [4.69, 9.17) is 10.4 Å². The van der Waals surface area contributed by atoms with Crippen molar-refractivity contribution in [2.45, 2.75) is 38.6 Å². The van der Waals surface area contributed by atoms with Crippen molar-refractivity contribution in [2.75, 3.05) is 0 Å². The molecule has 1 aliphatic carbocycles. The van der Waals surface area contributed by atoms with Crippen molar-refractivity contribution >= 4 is 11.9 Å². The standard InChI is InChI=1S/C11H16N2O3/c1-7(5-6-12)13-10(14)8-3-2-4-9(8)11(15)16/h7-9H,2-5H2,1H3,(H,13,14)(H,15,16). The van der Waals surface area contributed by atoms with Crippen molar-refractivity contribution in [3.05, 3.63) is 0 Å². The van der Waals surface area contributed by atoms with Crippen LogP contribution in [0.3, 0.4) is 0 Å². The van der Waals surface area contributed by atoms with E-state index in [1.807, 2.05) is 6.07 Å². The van der Waals surface area contributed by atoms with Crippen LogP contribution in [-0.4, -0.2) is 23.0 Å². The highest BCUT2D eigenvalue weighted by Crippen LogP contribution is 2.32. The molecule has 5 nitrogen and oxygen atoms in total. The second-order valence-corrected chi connectivity index (χ2v) is 4.25. The van der Waals surface area contributed by atoms with Gasteiger partial charge in [0.25, 0.3) is 0 Å². The summed E-state index contributed by atoms with van der Waals surface area (Å²) in [5, 5.41) is 20.1. The third kappa shape index (κ3) is 2.96. The van der Waals surface area contributed by atoms with Gasteiger partial charge in [0.05, 0.1) is 24.3 Å². The minimum Gasteiger partial charge on any atom is -0.481 e. The lowest BCUT2D eigenvalue weighted by Gasteiger charge is -2.18. The molecule has 3 atom stereocenters. The Kier molecular flexibility index (Phi) is 4.29. The van der Waals surface area contributed by atoms with E-state index in [0.717, 1.165) is 6.42 Å². The lowest BCUT2D eigenvalue weighted by Crippen LogP contribution is -2.39. The molecule has 0 spiro atoms. The van der Waals surface area contributed by atoms with Crippen molar-refractivity contribution in [2.24, 2.45) is 11.8 Å². The summed E-state index contributed by atoms with van der Waals surface area (Å²) in [6.07, 6.45) is 2.22. The lowest BCUT2D eigenvalue weighted by molar-refractivity contribution is -0.146. The Balaban J connectivity index is 2.53. The molecule has 1 rings (SSSR count). The fourth-order valence-corrected chi connectivity index (χ4v) is 2.11. The number of nitrogens with one attached hydrogen (secondary N) is 1. The number of hydrogen-bond acceptors (Lipinski definition) is 3. The van der Waals surface area contributed by atoms with Crippen LogP contribution in [0.5, 0.6) is 0 Å². The monoisotopic (exact) mass is 224 g/mol. The summed E-state index contributed by atoms with van der Waals surface area (Å²) in [4.78, 5) is 22.7. The van der Waals surface area contributed by atoms with Gasteiger partial charge < -0.3 is 10.4 Å². The summed E-state index contributed by atoms with van der Waals surface area (Å²) < 4.78 is 0. The van der Waals surface area contributed by atoms with Crippen molar-refractivity contribution in [1.29, 1.82) is 5.26 Å². The Labute approximate surface area is 94.4 Å². The molecule has 1 amide bonds. The van der Waals surface area contributed by atoms with E-state index < -0.39 is 17.8 Å². The van der Waals surface area contributed by atoms with Gasteiger partial charge in [0, 0.05) is 6.04 Å². The number of carbonyl (C=O) groups is 2. The fourth-order valence-electron chi connectivity index (χ4n) is 2.11. The van der Waals surface area contributed by atoms with Crippen LogP contribution in [0.15, 0.2) is 0 Å². The van der Waals surface area contributed by atoms with Crippen LogP contribution in [0.4, 0.5) is 0 Å². The maximum absolute atomic E-state index is 11.8. The van der Waals surface area contributed by atoms with Gasteiger partial charge in [-0.1, -0.05) is 6.42 Å². The number of carboxylic acids is 1. The quantitative estimate of drug-likeness (QED) is 0.742. The van der Waals surface area contributed by atoms with E-state index in [9.17, 15) is 9.59 Å². The van der Waals surface area contributed by atoms with Gasteiger partial charge >= 0.3 is 5.97 Å². The average Bonchev–Trinajstić information content (AvgIpc) is 2.65. The van der Waals surface area contributed by atoms with Gasteiger partial charge in [0.2, 0.25) is 5.91 Å². The largest absolute Gasteiger partial charge is 0.481 e. The van der Waals surface area contributed by atoms with E-state index in [2.05, 4.69) is 5.32 Å². The Morgan fingerprint density at radius 3 is 2.69 bits per heavy atom. The second-order valence-electron chi connectivity index (χ2n) is 4.25. The minimum absolute atomic E-state index is 0.215. The molecule has 0 radical (unpaired) electrons. The highest BCUT2D eigenvalue weighted by molar-refractivity contribution is 5.85. The molecule has 0 aliphatic heterocycles. The molecule has 3 unspecified atom stereocenters. The van der Waals surface area contributed by atoms with E-state index >= 15 is 0 Å². The first-order valence-electron chi connectivity index (χ1n) is 5.46. The number of rotatable bonds is 4. The minimum atomic E-state index is -0.898. The third-order valence-corrected chi connectivity index (χ3v) is 2.96. The lowest BCUT2D eigenvalue weighted by atomic mass is 9.95. The zero-order valence-electron chi connectivity index (χ0n) is 9.27. The Morgan fingerprint density at radius 2 is 2.12 bits per heavy atom. The molecule has 5 heteroatoms. The molecule has 2 N–H and O–H groups in total. The van der Waals surface area contributed by atoms with Gasteiger partial charge in [-0.15, -0.1) is 0 Å². The number of carboxylic acid groups (broad SMARTS) is 1. The van der Waals surface area contributed by atoms with Crippen molar-refractivity contribution in [3.8, 4) is 6.07 Å². The molecule has 1 fully saturated rings. The molecule has 0 bridgehead atoms. The number of aliphatic carboxylic acids is 1. The smallest absolute Gasteiger partial charge is 0.307 e. The summed E-state index contributed by atoms with van der Waals surface area (Å²) in [5.74, 6) is -2.12. The SMILES string of the molecule is CC(CC#N)NC(=O)C1CCCC1C(=O)O. The molecule has 0 heterocycles. The first kappa shape index (κ1) is 12.5. The second kappa shape index (κ2) is 5.50. The molecule has 0 aromatic carbocycles. The zero-order valence-corrected chi connectivity index (χ0v) is 9.27. The van der Waals surface area contributed by atoms with Crippen molar-refractivity contribution in [3.63, 3.8) is 0 Å². The Morgan fingerprint density at radius 1 is 1.50 bits per heavy atom. The van der Waals surface area contributed by atoms with Crippen LogP contribution in [0.2, 0.25) is 0 Å². The van der Waals surface area contributed by atoms with Gasteiger partial charge in [-0.05, 0) is 19.8 Å². The van der Waals surface area contributed by atoms with Gasteiger partial charge in [-0.25, -0.2) is 0 Å². The van der Waals surface area contributed by atoms with Crippen LogP contribution in [-0.2, 0) is 9.59 Å². The van der Waals surface area contributed by atoms with Gasteiger partial charge in [-0.3, -0.25) is 9.59 Å². The Bertz CT molecular complexity index is 322. The molecule has 0 saturated heterocycles. The first-order valence-corrected chi connectivity index (χ1v) is 5.46. The van der Waals surface area contributed by atoms with Gasteiger partial charge in [0.15, 0.2) is 0 Å². The number of nitriles is 1. The summed E-state index contributed by atoms with van der Waals surface area (Å²) in [6.45, 7) is 1.74. The number of hydrogen-bond donors (Lipinski definition) is 2. The normalized spacial score (nSPS) is 25.8. The zero-order chi connectivity index (χ0) is 12.1. The predicted molar refractivity (Wildman–Crippen MR) is 56.3 cm³/mol. The maximum Gasteiger partial charge on any atom is 0.307 e. The number of amides is 1. The van der Waals surface area contributed by atoms with Gasteiger partial charge in [-0.2, -0.15) is 5.26 Å². The first-order chi connectivity index (χ1) is 7.56. The fraction of sp³-hybridized carbons (Fsp3) is 0.727. The maximum atomic E-state index is 11.8. The molecule has 0 aromatic rings.